The lowest BCUT2D eigenvalue weighted by Gasteiger charge is -2.17. The molecule has 0 atom stereocenters. The van der Waals surface area contributed by atoms with E-state index in [4.69, 9.17) is 5.11 Å². The molecule has 0 saturated heterocycles. The lowest BCUT2D eigenvalue weighted by Crippen LogP contribution is -2.19. The summed E-state index contributed by atoms with van der Waals surface area (Å²) >= 11 is 0. The Morgan fingerprint density at radius 1 is 1.36 bits per heavy atom. The lowest BCUT2D eigenvalue weighted by molar-refractivity contribution is 0.283. The van der Waals surface area contributed by atoms with Crippen molar-refractivity contribution in [3.8, 4) is 0 Å². The maximum Gasteiger partial charge on any atom is 0.131 e. The van der Waals surface area contributed by atoms with Gasteiger partial charge < -0.3 is 10.0 Å². The highest BCUT2D eigenvalue weighted by molar-refractivity contribution is 5.34. The summed E-state index contributed by atoms with van der Waals surface area (Å²) in [6.45, 7) is 1.26. The molecule has 0 saturated carbocycles. The van der Waals surface area contributed by atoms with Crippen molar-refractivity contribution >= 4 is 5.82 Å². The molecule has 0 aliphatic heterocycles. The van der Waals surface area contributed by atoms with Crippen LogP contribution in [0.2, 0.25) is 0 Å². The highest BCUT2D eigenvalue weighted by Crippen LogP contribution is 2.06. The number of hydrogen-bond donors (Lipinski definition) is 1. The molecule has 0 aromatic carbocycles. The van der Waals surface area contributed by atoms with Gasteiger partial charge in [-0.25, -0.2) is 9.97 Å². The fraction of sp³-hybridized carbons (Fsp3) is 0.600. The van der Waals surface area contributed by atoms with Crippen LogP contribution in [-0.2, 0) is 0 Å². The molecular weight excluding hydrogens is 178 g/mol. The van der Waals surface area contributed by atoms with E-state index >= 15 is 0 Å². The van der Waals surface area contributed by atoms with Crippen molar-refractivity contribution in [1.29, 1.82) is 0 Å². The minimum atomic E-state index is 0.289. The predicted molar refractivity (Wildman–Crippen MR) is 56.2 cm³/mol. The normalized spacial score (nSPS) is 10.1. The number of nitrogens with zero attached hydrogens (tertiary/aromatic N) is 3. The molecule has 0 unspecified atom stereocenters. The Morgan fingerprint density at radius 3 is 2.86 bits per heavy atom. The van der Waals surface area contributed by atoms with E-state index in [1.165, 1.54) is 0 Å². The van der Waals surface area contributed by atoms with Gasteiger partial charge in [-0.05, 0) is 25.3 Å². The average Bonchev–Trinajstić information content (AvgIpc) is 2.25. The second-order valence-electron chi connectivity index (χ2n) is 3.27. The van der Waals surface area contributed by atoms with E-state index in [1.54, 1.807) is 12.5 Å². The molecule has 0 aliphatic rings. The number of hydrogen-bond acceptors (Lipinski definition) is 4. The molecule has 1 N–H and O–H groups in total. The van der Waals surface area contributed by atoms with Crippen molar-refractivity contribution in [2.45, 2.75) is 19.3 Å². The number of anilines is 1. The van der Waals surface area contributed by atoms with Gasteiger partial charge in [0.15, 0.2) is 0 Å². The third kappa shape index (κ3) is 3.70. The van der Waals surface area contributed by atoms with E-state index in [-0.39, 0.29) is 6.61 Å². The topological polar surface area (TPSA) is 49.2 Å². The zero-order valence-corrected chi connectivity index (χ0v) is 8.56. The van der Waals surface area contributed by atoms with Crippen LogP contribution in [0.15, 0.2) is 18.6 Å². The third-order valence-electron chi connectivity index (χ3n) is 2.11. The van der Waals surface area contributed by atoms with Gasteiger partial charge in [-0.2, -0.15) is 0 Å². The maximum atomic E-state index is 8.61. The van der Waals surface area contributed by atoms with E-state index < -0.39 is 0 Å². The summed E-state index contributed by atoms with van der Waals surface area (Å²) < 4.78 is 0. The Balaban J connectivity index is 2.25. The van der Waals surface area contributed by atoms with Crippen molar-refractivity contribution in [3.63, 3.8) is 0 Å². The van der Waals surface area contributed by atoms with Gasteiger partial charge in [0, 0.05) is 26.4 Å². The smallest absolute Gasteiger partial charge is 0.131 e. The summed E-state index contributed by atoms with van der Waals surface area (Å²) in [7, 11) is 2.02. The molecule has 0 amide bonds. The fourth-order valence-corrected chi connectivity index (χ4v) is 1.26. The Labute approximate surface area is 84.6 Å². The summed E-state index contributed by atoms with van der Waals surface area (Å²) in [5.74, 6) is 0.948. The monoisotopic (exact) mass is 195 g/mol. The van der Waals surface area contributed by atoms with Crippen molar-refractivity contribution in [3.05, 3.63) is 18.6 Å². The zero-order valence-electron chi connectivity index (χ0n) is 8.56. The average molecular weight is 195 g/mol. The van der Waals surface area contributed by atoms with Crippen LogP contribution >= 0.6 is 0 Å². The summed E-state index contributed by atoms with van der Waals surface area (Å²) in [6.07, 6.45) is 6.33. The van der Waals surface area contributed by atoms with Crippen LogP contribution in [-0.4, -0.2) is 35.3 Å². The molecule has 0 radical (unpaired) electrons. The molecule has 4 nitrogen and oxygen atoms in total. The summed E-state index contributed by atoms with van der Waals surface area (Å²) in [6, 6.07) is 1.89. The summed E-state index contributed by atoms with van der Waals surface area (Å²) in [4.78, 5) is 10.1. The number of aromatic nitrogens is 2. The first-order valence-electron chi connectivity index (χ1n) is 4.92. The minimum absolute atomic E-state index is 0.289. The van der Waals surface area contributed by atoms with Gasteiger partial charge in [-0.1, -0.05) is 0 Å². The van der Waals surface area contributed by atoms with Gasteiger partial charge in [-0.15, -0.1) is 0 Å². The van der Waals surface area contributed by atoms with Gasteiger partial charge in [0.2, 0.25) is 0 Å². The van der Waals surface area contributed by atoms with E-state index in [0.29, 0.717) is 0 Å². The Hall–Kier alpha value is -1.16. The van der Waals surface area contributed by atoms with Gasteiger partial charge in [0.05, 0.1) is 0 Å². The first kappa shape index (κ1) is 10.9. The SMILES string of the molecule is CN(CCCCCO)c1ccncn1. The van der Waals surface area contributed by atoms with Crippen molar-refractivity contribution in [2.24, 2.45) is 0 Å². The molecule has 0 bridgehead atoms. The lowest BCUT2D eigenvalue weighted by atomic mass is 10.2. The van der Waals surface area contributed by atoms with Crippen LogP contribution in [0.3, 0.4) is 0 Å². The van der Waals surface area contributed by atoms with Crippen molar-refractivity contribution < 1.29 is 5.11 Å². The largest absolute Gasteiger partial charge is 0.396 e. The van der Waals surface area contributed by atoms with Gasteiger partial charge >= 0.3 is 0 Å². The molecule has 14 heavy (non-hydrogen) atoms. The maximum absolute atomic E-state index is 8.61. The second kappa shape index (κ2) is 6.32. The van der Waals surface area contributed by atoms with E-state index in [0.717, 1.165) is 31.6 Å². The highest BCUT2D eigenvalue weighted by atomic mass is 16.2. The molecule has 0 fully saturated rings. The molecular formula is C10H17N3O. The predicted octanol–water partition coefficient (Wildman–Crippen LogP) is 1.08. The molecule has 0 spiro atoms. The number of rotatable bonds is 6. The van der Waals surface area contributed by atoms with Gasteiger partial charge in [0.1, 0.15) is 12.1 Å². The second-order valence-corrected chi connectivity index (χ2v) is 3.27. The number of aliphatic hydroxyl groups excluding tert-OH is 1. The molecule has 1 heterocycles. The quantitative estimate of drug-likeness (QED) is 0.690. The number of unbranched alkanes of at least 4 members (excludes halogenated alkanes) is 2. The minimum Gasteiger partial charge on any atom is -0.396 e. The van der Waals surface area contributed by atoms with E-state index in [2.05, 4.69) is 14.9 Å². The number of aliphatic hydroxyl groups is 1. The van der Waals surface area contributed by atoms with Crippen LogP contribution in [0.5, 0.6) is 0 Å². The standard InChI is InChI=1S/C10H17N3O/c1-13(7-3-2-4-8-14)10-5-6-11-9-12-10/h5-6,9,14H,2-4,7-8H2,1H3. The Kier molecular flexibility index (Phi) is 4.93. The van der Waals surface area contributed by atoms with Gasteiger partial charge in [0.25, 0.3) is 0 Å². The van der Waals surface area contributed by atoms with Crippen LogP contribution in [0, 0.1) is 0 Å². The Bertz CT molecular complexity index is 240. The summed E-state index contributed by atoms with van der Waals surface area (Å²) in [5, 5.41) is 8.61. The first-order valence-corrected chi connectivity index (χ1v) is 4.92. The molecule has 1 aromatic heterocycles. The third-order valence-corrected chi connectivity index (χ3v) is 2.11. The summed E-state index contributed by atoms with van der Waals surface area (Å²) in [5.41, 5.74) is 0. The van der Waals surface area contributed by atoms with Gasteiger partial charge in [-0.3, -0.25) is 0 Å². The highest BCUT2D eigenvalue weighted by Gasteiger charge is 1.99. The molecule has 0 aliphatic carbocycles. The van der Waals surface area contributed by atoms with Crippen molar-refractivity contribution in [1.82, 2.24) is 9.97 Å². The van der Waals surface area contributed by atoms with Crippen molar-refractivity contribution in [2.75, 3.05) is 25.1 Å². The molecule has 1 aromatic rings. The first-order chi connectivity index (χ1) is 6.84. The fourth-order valence-electron chi connectivity index (χ4n) is 1.26. The molecule has 4 heteroatoms. The van der Waals surface area contributed by atoms with E-state index in [9.17, 15) is 0 Å². The Morgan fingerprint density at radius 2 is 2.21 bits per heavy atom. The molecule has 1 rings (SSSR count). The zero-order chi connectivity index (χ0) is 10.2. The van der Waals surface area contributed by atoms with Crippen LogP contribution in [0.4, 0.5) is 5.82 Å². The van der Waals surface area contributed by atoms with E-state index in [1.807, 2.05) is 13.1 Å². The van der Waals surface area contributed by atoms with Crippen LogP contribution in [0.25, 0.3) is 0 Å². The van der Waals surface area contributed by atoms with Crippen LogP contribution in [0.1, 0.15) is 19.3 Å². The van der Waals surface area contributed by atoms with Crippen LogP contribution < -0.4 is 4.90 Å². The molecule has 78 valence electrons.